The molecule has 0 radical (unpaired) electrons. The van der Waals surface area contributed by atoms with E-state index in [1.54, 1.807) is 6.07 Å². The van der Waals surface area contributed by atoms with E-state index in [-0.39, 0.29) is 0 Å². The van der Waals surface area contributed by atoms with Crippen LogP contribution in [-0.2, 0) is 0 Å². The first kappa shape index (κ1) is 12.9. The number of nitrogens with zero attached hydrogens (tertiary/aromatic N) is 3. The Kier molecular flexibility index (Phi) is 3.17. The summed E-state index contributed by atoms with van der Waals surface area (Å²) in [7, 11) is 1.93. The van der Waals surface area contributed by atoms with Crippen molar-refractivity contribution in [2.45, 2.75) is 0 Å². The molecule has 2 N–H and O–H groups in total. The SMILES string of the molecule is CN(c1cccc(C#N)c1)c1ccc2cc(N)ccc2n1. The molecular weight excluding hydrogens is 260 g/mol. The number of aromatic nitrogens is 1. The number of anilines is 3. The normalized spacial score (nSPS) is 10.3. The lowest BCUT2D eigenvalue weighted by atomic mass is 10.2. The van der Waals surface area contributed by atoms with Gasteiger partial charge in [-0.2, -0.15) is 5.26 Å². The first-order valence-corrected chi connectivity index (χ1v) is 6.57. The minimum atomic E-state index is 0.632. The van der Waals surface area contributed by atoms with Crippen molar-refractivity contribution in [3.05, 3.63) is 60.2 Å². The molecule has 0 atom stereocenters. The van der Waals surface area contributed by atoms with Crippen molar-refractivity contribution in [3.63, 3.8) is 0 Å². The van der Waals surface area contributed by atoms with Crippen LogP contribution in [0.15, 0.2) is 54.6 Å². The van der Waals surface area contributed by atoms with Gasteiger partial charge in [-0.25, -0.2) is 4.98 Å². The number of pyridine rings is 1. The highest BCUT2D eigenvalue weighted by Crippen LogP contribution is 2.25. The Labute approximate surface area is 123 Å². The summed E-state index contributed by atoms with van der Waals surface area (Å²) in [6.45, 7) is 0. The van der Waals surface area contributed by atoms with Gasteiger partial charge in [0.2, 0.25) is 0 Å². The maximum absolute atomic E-state index is 8.99. The van der Waals surface area contributed by atoms with Gasteiger partial charge in [0.1, 0.15) is 5.82 Å². The van der Waals surface area contributed by atoms with Gasteiger partial charge >= 0.3 is 0 Å². The summed E-state index contributed by atoms with van der Waals surface area (Å²) in [4.78, 5) is 6.59. The molecule has 0 saturated heterocycles. The van der Waals surface area contributed by atoms with Crippen LogP contribution in [0.25, 0.3) is 10.9 Å². The molecule has 0 fully saturated rings. The summed E-state index contributed by atoms with van der Waals surface area (Å²) in [6.07, 6.45) is 0. The molecule has 4 nitrogen and oxygen atoms in total. The van der Waals surface area contributed by atoms with E-state index < -0.39 is 0 Å². The molecule has 1 aromatic heterocycles. The van der Waals surface area contributed by atoms with Crippen molar-refractivity contribution in [1.82, 2.24) is 4.98 Å². The monoisotopic (exact) mass is 274 g/mol. The molecule has 0 saturated carbocycles. The average Bonchev–Trinajstić information content (AvgIpc) is 2.53. The molecule has 21 heavy (non-hydrogen) atoms. The number of nitrogens with two attached hydrogens (primary N) is 1. The van der Waals surface area contributed by atoms with Gasteiger partial charge in [-0.05, 0) is 48.5 Å². The summed E-state index contributed by atoms with van der Waals surface area (Å²) < 4.78 is 0. The molecule has 4 heteroatoms. The zero-order valence-electron chi connectivity index (χ0n) is 11.6. The van der Waals surface area contributed by atoms with E-state index in [0.29, 0.717) is 5.56 Å². The molecular formula is C17H14N4. The second-order valence-electron chi connectivity index (χ2n) is 4.84. The van der Waals surface area contributed by atoms with Gasteiger partial charge in [0.15, 0.2) is 0 Å². The predicted molar refractivity (Wildman–Crippen MR) is 85.4 cm³/mol. The van der Waals surface area contributed by atoms with Crippen LogP contribution >= 0.6 is 0 Å². The quantitative estimate of drug-likeness (QED) is 0.727. The van der Waals surface area contributed by atoms with Gasteiger partial charge in [0, 0.05) is 23.8 Å². The van der Waals surface area contributed by atoms with E-state index >= 15 is 0 Å². The molecule has 1 heterocycles. The number of rotatable bonds is 2. The minimum absolute atomic E-state index is 0.632. The fraction of sp³-hybridized carbons (Fsp3) is 0.0588. The van der Waals surface area contributed by atoms with Crippen LogP contribution < -0.4 is 10.6 Å². The lowest BCUT2D eigenvalue weighted by molar-refractivity contribution is 1.15. The maximum atomic E-state index is 8.99. The highest BCUT2D eigenvalue weighted by atomic mass is 15.2. The van der Waals surface area contributed by atoms with Gasteiger partial charge < -0.3 is 10.6 Å². The summed E-state index contributed by atoms with van der Waals surface area (Å²) in [5, 5.41) is 10.00. The Morgan fingerprint density at radius 1 is 1.10 bits per heavy atom. The van der Waals surface area contributed by atoms with E-state index in [1.165, 1.54) is 0 Å². The third kappa shape index (κ3) is 2.49. The lowest BCUT2D eigenvalue weighted by Crippen LogP contribution is -2.11. The Balaban J connectivity index is 2.03. The molecule has 2 aromatic carbocycles. The largest absolute Gasteiger partial charge is 0.399 e. The zero-order valence-corrected chi connectivity index (χ0v) is 11.6. The van der Waals surface area contributed by atoms with Crippen LogP contribution in [0.2, 0.25) is 0 Å². The highest BCUT2D eigenvalue weighted by molar-refractivity contribution is 5.84. The Bertz CT molecular complexity index is 849. The highest BCUT2D eigenvalue weighted by Gasteiger charge is 2.07. The fourth-order valence-electron chi connectivity index (χ4n) is 2.24. The fourth-order valence-corrected chi connectivity index (χ4v) is 2.24. The molecule has 0 aliphatic carbocycles. The van der Waals surface area contributed by atoms with Crippen molar-refractivity contribution in [1.29, 1.82) is 5.26 Å². The first-order valence-electron chi connectivity index (χ1n) is 6.57. The van der Waals surface area contributed by atoms with Crippen molar-refractivity contribution >= 4 is 28.1 Å². The van der Waals surface area contributed by atoms with Crippen LogP contribution in [0.5, 0.6) is 0 Å². The van der Waals surface area contributed by atoms with E-state index in [1.807, 2.05) is 60.5 Å². The standard InChI is InChI=1S/C17H14N4/c1-21(15-4-2-3-12(9-15)11-18)17-8-5-13-10-14(19)6-7-16(13)20-17/h2-10H,19H2,1H3. The topological polar surface area (TPSA) is 65.9 Å². The maximum Gasteiger partial charge on any atom is 0.133 e. The molecule has 0 unspecified atom stereocenters. The van der Waals surface area contributed by atoms with Crippen molar-refractivity contribution in [2.24, 2.45) is 0 Å². The van der Waals surface area contributed by atoms with Gasteiger partial charge in [-0.3, -0.25) is 0 Å². The Hall–Kier alpha value is -3.06. The number of hydrogen-bond donors (Lipinski definition) is 1. The van der Waals surface area contributed by atoms with Crippen LogP contribution in [0.3, 0.4) is 0 Å². The first-order chi connectivity index (χ1) is 10.2. The van der Waals surface area contributed by atoms with E-state index in [4.69, 9.17) is 11.0 Å². The molecule has 0 aliphatic heterocycles. The van der Waals surface area contributed by atoms with Gasteiger partial charge in [0.25, 0.3) is 0 Å². The summed E-state index contributed by atoms with van der Waals surface area (Å²) in [5.41, 5.74) is 8.96. The summed E-state index contributed by atoms with van der Waals surface area (Å²) >= 11 is 0. The van der Waals surface area contributed by atoms with E-state index in [2.05, 4.69) is 11.1 Å². The molecule has 0 bridgehead atoms. The molecule has 3 aromatic rings. The number of hydrogen-bond acceptors (Lipinski definition) is 4. The molecule has 0 aliphatic rings. The van der Waals surface area contributed by atoms with Crippen molar-refractivity contribution in [3.8, 4) is 6.07 Å². The van der Waals surface area contributed by atoms with Gasteiger partial charge in [-0.1, -0.05) is 6.07 Å². The van der Waals surface area contributed by atoms with Gasteiger partial charge in [-0.15, -0.1) is 0 Å². The number of benzene rings is 2. The van der Waals surface area contributed by atoms with Crippen LogP contribution in [0, 0.1) is 11.3 Å². The average molecular weight is 274 g/mol. The number of nitriles is 1. The summed E-state index contributed by atoms with van der Waals surface area (Å²) in [6, 6.07) is 19.2. The smallest absolute Gasteiger partial charge is 0.133 e. The molecule has 102 valence electrons. The third-order valence-corrected chi connectivity index (χ3v) is 3.40. The number of nitrogen functional groups attached to an aromatic ring is 1. The predicted octanol–water partition coefficient (Wildman–Crippen LogP) is 3.46. The van der Waals surface area contributed by atoms with Crippen LogP contribution in [-0.4, -0.2) is 12.0 Å². The lowest BCUT2D eigenvalue weighted by Gasteiger charge is -2.19. The van der Waals surface area contributed by atoms with Crippen molar-refractivity contribution in [2.75, 3.05) is 17.7 Å². The second kappa shape index (κ2) is 5.14. The zero-order chi connectivity index (χ0) is 14.8. The van der Waals surface area contributed by atoms with E-state index in [0.717, 1.165) is 28.1 Å². The van der Waals surface area contributed by atoms with Crippen LogP contribution in [0.1, 0.15) is 5.56 Å². The molecule has 3 rings (SSSR count). The molecule has 0 amide bonds. The Morgan fingerprint density at radius 2 is 1.95 bits per heavy atom. The van der Waals surface area contributed by atoms with Crippen LogP contribution in [0.4, 0.5) is 17.2 Å². The third-order valence-electron chi connectivity index (χ3n) is 3.40. The minimum Gasteiger partial charge on any atom is -0.399 e. The second-order valence-corrected chi connectivity index (χ2v) is 4.84. The summed E-state index contributed by atoms with van der Waals surface area (Å²) in [5.74, 6) is 0.822. The van der Waals surface area contributed by atoms with Gasteiger partial charge in [0.05, 0.1) is 17.1 Å². The van der Waals surface area contributed by atoms with E-state index in [9.17, 15) is 0 Å². The Morgan fingerprint density at radius 3 is 2.76 bits per heavy atom. The van der Waals surface area contributed by atoms with Crippen molar-refractivity contribution < 1.29 is 0 Å². The number of fused-ring (bicyclic) bond motifs is 1. The molecule has 0 spiro atoms.